The predicted molar refractivity (Wildman–Crippen MR) is 100 cm³/mol. The summed E-state index contributed by atoms with van der Waals surface area (Å²) in [5.74, 6) is 1.26. The van der Waals surface area contributed by atoms with Gasteiger partial charge in [0.25, 0.3) is 0 Å². The molecule has 142 valence electrons. The number of pyridine rings is 1. The van der Waals surface area contributed by atoms with E-state index in [1.54, 1.807) is 6.20 Å². The Labute approximate surface area is 161 Å². The van der Waals surface area contributed by atoms with Crippen molar-refractivity contribution in [2.24, 2.45) is 0 Å². The minimum absolute atomic E-state index is 0.333. The number of aromatic nitrogens is 7. The minimum Gasteiger partial charge on any atom is -0.297 e. The van der Waals surface area contributed by atoms with Gasteiger partial charge < -0.3 is 0 Å². The molecule has 0 aliphatic carbocycles. The number of nitrogens with zero attached hydrogens (tertiary/aromatic N) is 8. The van der Waals surface area contributed by atoms with Crippen LogP contribution in [0.1, 0.15) is 36.0 Å². The number of likely N-dealkylation sites (tertiary alicyclic amines) is 1. The van der Waals surface area contributed by atoms with Gasteiger partial charge in [0.05, 0.1) is 5.69 Å². The van der Waals surface area contributed by atoms with Crippen molar-refractivity contribution in [2.45, 2.75) is 32.2 Å². The molecule has 9 heteroatoms. The molecular formula is C19H20N8O. The van der Waals surface area contributed by atoms with Crippen molar-refractivity contribution in [3.05, 3.63) is 53.9 Å². The highest BCUT2D eigenvalue weighted by Gasteiger charge is 2.26. The Bertz CT molecular complexity index is 1080. The van der Waals surface area contributed by atoms with Crippen molar-refractivity contribution < 1.29 is 4.63 Å². The van der Waals surface area contributed by atoms with E-state index in [2.05, 4.69) is 30.4 Å². The van der Waals surface area contributed by atoms with Gasteiger partial charge in [-0.25, -0.2) is 4.63 Å². The third-order valence-corrected chi connectivity index (χ3v) is 5.32. The summed E-state index contributed by atoms with van der Waals surface area (Å²) in [6.07, 6.45) is 5.59. The van der Waals surface area contributed by atoms with Gasteiger partial charge in [-0.1, -0.05) is 10.3 Å². The zero-order valence-electron chi connectivity index (χ0n) is 15.6. The normalized spacial score (nSPS) is 16.0. The lowest BCUT2D eigenvalue weighted by molar-refractivity contribution is 0.194. The smallest absolute Gasteiger partial charge is 0.177 e. The lowest BCUT2D eigenvalue weighted by Gasteiger charge is -2.30. The van der Waals surface area contributed by atoms with Gasteiger partial charge in [-0.05, 0) is 57.1 Å². The Balaban J connectivity index is 1.35. The molecule has 0 atom stereocenters. The molecule has 5 heterocycles. The Kier molecular flexibility index (Phi) is 4.28. The summed E-state index contributed by atoms with van der Waals surface area (Å²) in [7, 11) is 0. The van der Waals surface area contributed by atoms with Crippen LogP contribution in [0.25, 0.3) is 16.9 Å². The summed E-state index contributed by atoms with van der Waals surface area (Å²) >= 11 is 0. The Hall–Kier alpha value is -3.20. The van der Waals surface area contributed by atoms with Crippen LogP contribution < -0.4 is 0 Å². The second-order valence-electron chi connectivity index (χ2n) is 7.14. The van der Waals surface area contributed by atoms with E-state index in [-0.39, 0.29) is 0 Å². The van der Waals surface area contributed by atoms with E-state index in [1.807, 2.05) is 41.9 Å². The Morgan fingerprint density at radius 1 is 1.11 bits per heavy atom. The van der Waals surface area contributed by atoms with E-state index >= 15 is 0 Å². The molecule has 4 aromatic heterocycles. The van der Waals surface area contributed by atoms with Crippen molar-refractivity contribution in [1.29, 1.82) is 0 Å². The highest BCUT2D eigenvalue weighted by atomic mass is 16.6. The molecule has 0 bridgehead atoms. The van der Waals surface area contributed by atoms with Gasteiger partial charge in [-0.15, -0.1) is 10.2 Å². The maximum absolute atomic E-state index is 4.80. The first-order chi connectivity index (χ1) is 13.8. The molecule has 0 radical (unpaired) electrons. The van der Waals surface area contributed by atoms with E-state index in [0.717, 1.165) is 66.6 Å². The zero-order chi connectivity index (χ0) is 18.9. The lowest BCUT2D eigenvalue weighted by atomic mass is 9.96. The fourth-order valence-corrected chi connectivity index (χ4v) is 3.68. The first kappa shape index (κ1) is 16.9. The van der Waals surface area contributed by atoms with Crippen LogP contribution in [-0.2, 0) is 6.54 Å². The summed E-state index contributed by atoms with van der Waals surface area (Å²) in [4.78, 5) is 6.56. The number of hydrogen-bond acceptors (Lipinski definition) is 8. The van der Waals surface area contributed by atoms with Crippen LogP contribution in [0, 0.1) is 6.92 Å². The van der Waals surface area contributed by atoms with Crippen LogP contribution in [0.2, 0.25) is 0 Å². The van der Waals surface area contributed by atoms with Crippen molar-refractivity contribution in [2.75, 3.05) is 13.1 Å². The van der Waals surface area contributed by atoms with Gasteiger partial charge >= 0.3 is 0 Å². The highest BCUT2D eigenvalue weighted by Crippen LogP contribution is 2.28. The second-order valence-corrected chi connectivity index (χ2v) is 7.14. The molecule has 1 saturated heterocycles. The topological polar surface area (TPSA) is 98.1 Å². The number of rotatable bonds is 4. The van der Waals surface area contributed by atoms with E-state index in [4.69, 9.17) is 9.73 Å². The molecule has 0 aromatic carbocycles. The number of piperidine rings is 1. The van der Waals surface area contributed by atoms with Crippen molar-refractivity contribution >= 4 is 5.65 Å². The molecule has 1 aliphatic rings. The van der Waals surface area contributed by atoms with Crippen LogP contribution in [0.15, 0.2) is 41.3 Å². The minimum atomic E-state index is 0.333. The first-order valence-corrected chi connectivity index (χ1v) is 9.41. The molecule has 9 nitrogen and oxygen atoms in total. The predicted octanol–water partition coefficient (Wildman–Crippen LogP) is 2.26. The zero-order valence-corrected chi connectivity index (χ0v) is 15.6. The maximum Gasteiger partial charge on any atom is 0.177 e. The Morgan fingerprint density at radius 3 is 2.75 bits per heavy atom. The standard InChI is InChI=1S/C19H20N8O/c1-13-17(25-28-24-13)12-26-9-6-14(7-10-26)19-22-21-18-5-4-16(23-27(18)19)15-3-2-8-20-11-15/h2-5,8,11,14H,6-7,9-10,12H2,1H3. The molecule has 1 aliphatic heterocycles. The first-order valence-electron chi connectivity index (χ1n) is 9.41. The van der Waals surface area contributed by atoms with Crippen molar-refractivity contribution in [1.82, 2.24) is 40.0 Å². The third kappa shape index (κ3) is 3.13. The highest BCUT2D eigenvalue weighted by molar-refractivity contribution is 5.58. The molecule has 5 rings (SSSR count). The van der Waals surface area contributed by atoms with Gasteiger partial charge in [-0.3, -0.25) is 9.88 Å². The van der Waals surface area contributed by atoms with Crippen LogP contribution in [-0.4, -0.2) is 53.1 Å². The van der Waals surface area contributed by atoms with Crippen LogP contribution >= 0.6 is 0 Å². The maximum atomic E-state index is 4.80. The molecule has 0 saturated carbocycles. The molecular weight excluding hydrogens is 356 g/mol. The molecule has 0 unspecified atom stereocenters. The van der Waals surface area contributed by atoms with E-state index in [0.29, 0.717) is 5.92 Å². The fourth-order valence-electron chi connectivity index (χ4n) is 3.68. The SMILES string of the molecule is Cc1nonc1CN1CCC(c2nnc3ccc(-c4cccnc4)nn23)CC1. The molecule has 28 heavy (non-hydrogen) atoms. The number of aryl methyl sites for hydroxylation is 1. The van der Waals surface area contributed by atoms with Gasteiger partial charge in [0.1, 0.15) is 11.4 Å². The molecule has 0 N–H and O–H groups in total. The molecule has 0 amide bonds. The number of hydrogen-bond donors (Lipinski definition) is 0. The van der Waals surface area contributed by atoms with Crippen LogP contribution in [0.3, 0.4) is 0 Å². The second kappa shape index (κ2) is 7.08. The summed E-state index contributed by atoms with van der Waals surface area (Å²) in [5, 5.41) is 21.4. The van der Waals surface area contributed by atoms with E-state index in [9.17, 15) is 0 Å². The van der Waals surface area contributed by atoms with Gasteiger partial charge in [0.15, 0.2) is 11.5 Å². The van der Waals surface area contributed by atoms with Crippen LogP contribution in [0.5, 0.6) is 0 Å². The summed E-state index contributed by atoms with van der Waals surface area (Å²) < 4.78 is 6.69. The van der Waals surface area contributed by atoms with Crippen LogP contribution in [0.4, 0.5) is 0 Å². The largest absolute Gasteiger partial charge is 0.297 e. The lowest BCUT2D eigenvalue weighted by Crippen LogP contribution is -2.33. The average molecular weight is 376 g/mol. The summed E-state index contributed by atoms with van der Waals surface area (Å²) in [6, 6.07) is 7.84. The molecule has 4 aromatic rings. The summed E-state index contributed by atoms with van der Waals surface area (Å²) in [6.45, 7) is 4.63. The van der Waals surface area contributed by atoms with Gasteiger partial charge in [-0.2, -0.15) is 9.61 Å². The Morgan fingerprint density at radius 2 is 2.00 bits per heavy atom. The van der Waals surface area contributed by atoms with Crippen molar-refractivity contribution in [3.8, 4) is 11.3 Å². The average Bonchev–Trinajstić information content (AvgIpc) is 3.35. The van der Waals surface area contributed by atoms with E-state index < -0.39 is 0 Å². The van der Waals surface area contributed by atoms with Gasteiger partial charge in [0.2, 0.25) is 0 Å². The molecule has 1 fully saturated rings. The fraction of sp³-hybridized carbons (Fsp3) is 0.368. The van der Waals surface area contributed by atoms with E-state index in [1.165, 1.54) is 0 Å². The van der Waals surface area contributed by atoms with Gasteiger partial charge in [0, 0.05) is 30.4 Å². The monoisotopic (exact) mass is 376 g/mol. The quantitative estimate of drug-likeness (QED) is 0.535. The third-order valence-electron chi connectivity index (χ3n) is 5.32. The summed E-state index contributed by atoms with van der Waals surface area (Å²) in [5.41, 5.74) is 4.39. The van der Waals surface area contributed by atoms with Crippen molar-refractivity contribution in [3.63, 3.8) is 0 Å². The number of fused-ring (bicyclic) bond motifs is 1. The molecule has 0 spiro atoms.